The van der Waals surface area contributed by atoms with Crippen LogP contribution in [-0.4, -0.2) is 31.0 Å². The van der Waals surface area contributed by atoms with E-state index in [9.17, 15) is 4.79 Å². The first-order chi connectivity index (χ1) is 9.08. The molecule has 19 heavy (non-hydrogen) atoms. The second-order valence-electron chi connectivity index (χ2n) is 4.83. The summed E-state index contributed by atoms with van der Waals surface area (Å²) in [6, 6.07) is 3.98. The third-order valence-corrected chi connectivity index (χ3v) is 3.27. The molecule has 0 amide bonds. The molecule has 1 atom stereocenters. The Bertz CT molecular complexity index is 473. The van der Waals surface area contributed by atoms with Gasteiger partial charge in [-0.1, -0.05) is 6.92 Å². The van der Waals surface area contributed by atoms with Crippen LogP contribution in [0.3, 0.4) is 0 Å². The number of rotatable bonds is 6. The Morgan fingerprint density at radius 1 is 1.42 bits per heavy atom. The first kappa shape index (κ1) is 13.7. The van der Waals surface area contributed by atoms with Crippen LogP contribution in [0.1, 0.15) is 18.1 Å². The molecule has 1 aromatic rings. The number of ether oxygens (including phenoxy) is 2. The summed E-state index contributed by atoms with van der Waals surface area (Å²) in [6.07, 6.45) is 0.842. The van der Waals surface area contributed by atoms with Crippen molar-refractivity contribution >= 4 is 5.97 Å². The van der Waals surface area contributed by atoms with E-state index in [4.69, 9.17) is 14.6 Å². The van der Waals surface area contributed by atoms with Gasteiger partial charge in [-0.25, -0.2) is 0 Å². The standard InChI is InChI=1S/C14H19NO4/c1-9-5-12-13(19-8-18-12)6-11(9)3-4-15-7-10(2)14(16)17/h5-6,10,15H,3-4,7-8H2,1-2H3,(H,16,17). The lowest BCUT2D eigenvalue weighted by atomic mass is 10.0. The molecule has 1 aromatic carbocycles. The number of benzene rings is 1. The average Bonchev–Trinajstić information content (AvgIpc) is 2.81. The summed E-state index contributed by atoms with van der Waals surface area (Å²) in [7, 11) is 0. The van der Waals surface area contributed by atoms with Crippen LogP contribution in [0.15, 0.2) is 12.1 Å². The highest BCUT2D eigenvalue weighted by molar-refractivity contribution is 5.69. The molecule has 0 bridgehead atoms. The maximum absolute atomic E-state index is 10.7. The number of aryl methyl sites for hydroxylation is 1. The highest BCUT2D eigenvalue weighted by Gasteiger charge is 2.15. The molecule has 0 spiro atoms. The molecule has 0 aliphatic carbocycles. The fourth-order valence-electron chi connectivity index (χ4n) is 1.98. The SMILES string of the molecule is Cc1cc2c(cc1CCNCC(C)C(=O)O)OCO2. The summed E-state index contributed by atoms with van der Waals surface area (Å²) >= 11 is 0. The Morgan fingerprint density at radius 3 is 2.79 bits per heavy atom. The van der Waals surface area contributed by atoms with Gasteiger partial charge in [0.05, 0.1) is 5.92 Å². The summed E-state index contributed by atoms with van der Waals surface area (Å²) in [4.78, 5) is 10.7. The van der Waals surface area contributed by atoms with E-state index in [1.54, 1.807) is 6.92 Å². The number of hydrogen-bond acceptors (Lipinski definition) is 4. The minimum atomic E-state index is -0.772. The van der Waals surface area contributed by atoms with E-state index in [0.29, 0.717) is 6.54 Å². The predicted octanol–water partition coefficient (Wildman–Crippen LogP) is 1.58. The van der Waals surface area contributed by atoms with Gasteiger partial charge in [-0.2, -0.15) is 0 Å². The minimum Gasteiger partial charge on any atom is -0.481 e. The molecule has 0 radical (unpaired) electrons. The lowest BCUT2D eigenvalue weighted by Gasteiger charge is -2.10. The van der Waals surface area contributed by atoms with Crippen LogP contribution in [0.5, 0.6) is 11.5 Å². The van der Waals surface area contributed by atoms with E-state index in [1.165, 1.54) is 5.56 Å². The second kappa shape index (κ2) is 5.93. The molecule has 0 fully saturated rings. The molecule has 5 nitrogen and oxygen atoms in total. The normalized spacial score (nSPS) is 14.4. The number of nitrogens with one attached hydrogen (secondary N) is 1. The zero-order valence-corrected chi connectivity index (χ0v) is 11.2. The smallest absolute Gasteiger partial charge is 0.307 e. The van der Waals surface area contributed by atoms with Gasteiger partial charge in [-0.15, -0.1) is 0 Å². The van der Waals surface area contributed by atoms with Crippen molar-refractivity contribution in [3.63, 3.8) is 0 Å². The Hall–Kier alpha value is -1.75. The van der Waals surface area contributed by atoms with Crippen molar-refractivity contribution in [3.8, 4) is 11.5 Å². The number of fused-ring (bicyclic) bond motifs is 1. The first-order valence-electron chi connectivity index (χ1n) is 6.40. The first-order valence-corrected chi connectivity index (χ1v) is 6.40. The van der Waals surface area contributed by atoms with Crippen molar-refractivity contribution in [1.82, 2.24) is 5.32 Å². The Labute approximate surface area is 112 Å². The Morgan fingerprint density at radius 2 is 2.11 bits per heavy atom. The third kappa shape index (κ3) is 3.38. The van der Waals surface area contributed by atoms with Gasteiger partial charge in [-0.05, 0) is 43.1 Å². The Balaban J connectivity index is 1.85. The van der Waals surface area contributed by atoms with Gasteiger partial charge in [0.15, 0.2) is 11.5 Å². The Kier molecular flexibility index (Phi) is 4.27. The van der Waals surface area contributed by atoms with Crippen LogP contribution < -0.4 is 14.8 Å². The second-order valence-corrected chi connectivity index (χ2v) is 4.83. The summed E-state index contributed by atoms with van der Waals surface area (Å²) in [5.41, 5.74) is 2.36. The lowest BCUT2D eigenvalue weighted by molar-refractivity contribution is -0.140. The van der Waals surface area contributed by atoms with E-state index >= 15 is 0 Å². The fourth-order valence-corrected chi connectivity index (χ4v) is 1.98. The highest BCUT2D eigenvalue weighted by atomic mass is 16.7. The van der Waals surface area contributed by atoms with Crippen molar-refractivity contribution in [2.24, 2.45) is 5.92 Å². The van der Waals surface area contributed by atoms with Gasteiger partial charge in [-0.3, -0.25) is 4.79 Å². The van der Waals surface area contributed by atoms with E-state index in [-0.39, 0.29) is 12.7 Å². The van der Waals surface area contributed by atoms with E-state index < -0.39 is 5.97 Å². The van der Waals surface area contributed by atoms with Gasteiger partial charge in [0.25, 0.3) is 0 Å². The summed E-state index contributed by atoms with van der Waals surface area (Å²) in [6.45, 7) is 5.25. The number of carbonyl (C=O) groups is 1. The lowest BCUT2D eigenvalue weighted by Crippen LogP contribution is -2.27. The van der Waals surface area contributed by atoms with Gasteiger partial charge in [0, 0.05) is 6.54 Å². The molecule has 0 saturated heterocycles. The topological polar surface area (TPSA) is 67.8 Å². The summed E-state index contributed by atoms with van der Waals surface area (Å²) < 4.78 is 10.7. The van der Waals surface area contributed by atoms with Crippen LogP contribution in [0.25, 0.3) is 0 Å². The van der Waals surface area contributed by atoms with Crippen LogP contribution >= 0.6 is 0 Å². The summed E-state index contributed by atoms with van der Waals surface area (Å²) in [5, 5.41) is 11.9. The zero-order chi connectivity index (χ0) is 13.8. The predicted molar refractivity (Wildman–Crippen MR) is 70.7 cm³/mol. The number of carboxylic acids is 1. The van der Waals surface area contributed by atoms with Gasteiger partial charge in [0.2, 0.25) is 6.79 Å². The highest BCUT2D eigenvalue weighted by Crippen LogP contribution is 2.34. The largest absolute Gasteiger partial charge is 0.481 e. The monoisotopic (exact) mass is 265 g/mol. The van der Waals surface area contributed by atoms with Crippen molar-refractivity contribution in [2.45, 2.75) is 20.3 Å². The molecule has 1 heterocycles. The number of hydrogen-bond donors (Lipinski definition) is 2. The number of aliphatic carboxylic acids is 1. The van der Waals surface area contributed by atoms with Crippen molar-refractivity contribution < 1.29 is 19.4 Å². The van der Waals surface area contributed by atoms with E-state index in [0.717, 1.165) is 30.0 Å². The third-order valence-electron chi connectivity index (χ3n) is 3.27. The zero-order valence-electron chi connectivity index (χ0n) is 11.2. The van der Waals surface area contributed by atoms with Gasteiger partial charge >= 0.3 is 5.97 Å². The molecule has 1 aliphatic rings. The van der Waals surface area contributed by atoms with E-state index in [2.05, 4.69) is 5.32 Å². The molecule has 1 aliphatic heterocycles. The summed E-state index contributed by atoms with van der Waals surface area (Å²) in [5.74, 6) is 0.456. The quantitative estimate of drug-likeness (QED) is 0.764. The van der Waals surface area contributed by atoms with Crippen LogP contribution in [-0.2, 0) is 11.2 Å². The van der Waals surface area contributed by atoms with Gasteiger partial charge < -0.3 is 19.9 Å². The van der Waals surface area contributed by atoms with Crippen molar-refractivity contribution in [1.29, 1.82) is 0 Å². The molecule has 0 aromatic heterocycles. The molecule has 5 heteroatoms. The van der Waals surface area contributed by atoms with Crippen LogP contribution in [0.4, 0.5) is 0 Å². The molecule has 0 saturated carbocycles. The van der Waals surface area contributed by atoms with Crippen molar-refractivity contribution in [2.75, 3.05) is 19.9 Å². The minimum absolute atomic E-state index is 0.284. The van der Waals surface area contributed by atoms with Gasteiger partial charge in [0.1, 0.15) is 0 Å². The molecular weight excluding hydrogens is 246 g/mol. The maximum Gasteiger partial charge on any atom is 0.307 e. The average molecular weight is 265 g/mol. The van der Waals surface area contributed by atoms with Crippen LogP contribution in [0, 0.1) is 12.8 Å². The molecule has 104 valence electrons. The molecule has 2 rings (SSSR count). The van der Waals surface area contributed by atoms with Crippen molar-refractivity contribution in [3.05, 3.63) is 23.3 Å². The molecule has 1 unspecified atom stereocenters. The van der Waals surface area contributed by atoms with Crippen LogP contribution in [0.2, 0.25) is 0 Å². The molecular formula is C14H19NO4. The molecule has 2 N–H and O–H groups in total. The maximum atomic E-state index is 10.7. The van der Waals surface area contributed by atoms with E-state index in [1.807, 2.05) is 19.1 Å². The fraction of sp³-hybridized carbons (Fsp3) is 0.500. The number of carboxylic acid groups (broad SMARTS) is 1.